The first-order valence-corrected chi connectivity index (χ1v) is 14.6. The van der Waals surface area contributed by atoms with Crippen molar-refractivity contribution in [1.82, 2.24) is 4.68 Å². The minimum atomic E-state index is -4.34. The molecule has 1 aliphatic heterocycles. The van der Waals surface area contributed by atoms with Gasteiger partial charge in [0.25, 0.3) is 15.6 Å². The van der Waals surface area contributed by atoms with Crippen LogP contribution >= 0.6 is 0 Å². The molecule has 1 fully saturated rings. The van der Waals surface area contributed by atoms with Gasteiger partial charge in [-0.1, -0.05) is 6.07 Å². The minimum absolute atomic E-state index is 0.0481. The first-order valence-electron chi connectivity index (χ1n) is 11.2. The van der Waals surface area contributed by atoms with Gasteiger partial charge >= 0.3 is 0 Å². The third kappa shape index (κ3) is 4.07. The molecule has 0 bridgehead atoms. The van der Waals surface area contributed by atoms with Crippen molar-refractivity contribution in [3.63, 3.8) is 0 Å². The highest BCUT2D eigenvalue weighted by Gasteiger charge is 2.31. The Morgan fingerprint density at radius 3 is 2.53 bits per heavy atom. The standard InChI is InChI=1S/C23H25N5O6S2/c1-12-7-10-17-19(13(12)2)21(29)20(23(30)28(17)25-14-5-4-6-14)22-24-16-9-8-15(26-35(3,31)32)11-18(16)36(33,34)27-22/h7-11,14,25-26,29H,4-6H2,1-3H3,(H,24,27). The van der Waals surface area contributed by atoms with Crippen LogP contribution in [0.5, 0.6) is 5.75 Å². The minimum Gasteiger partial charge on any atom is -0.506 e. The maximum atomic E-state index is 13.7. The number of pyridine rings is 1. The van der Waals surface area contributed by atoms with Crippen molar-refractivity contribution in [2.75, 3.05) is 21.7 Å². The van der Waals surface area contributed by atoms with Crippen LogP contribution in [0.1, 0.15) is 36.0 Å². The van der Waals surface area contributed by atoms with E-state index in [4.69, 9.17) is 0 Å². The van der Waals surface area contributed by atoms with Gasteiger partial charge in [0.1, 0.15) is 16.2 Å². The fraction of sp³-hybridized carbons (Fsp3) is 0.304. The fourth-order valence-corrected chi connectivity index (χ4v) is 6.04. The number of fused-ring (bicyclic) bond motifs is 2. The number of hydrogen-bond donors (Lipinski definition) is 4. The molecule has 2 aliphatic rings. The number of benzene rings is 2. The highest BCUT2D eigenvalue weighted by Crippen LogP contribution is 2.35. The molecular formula is C23H25N5O6S2. The van der Waals surface area contributed by atoms with Crippen molar-refractivity contribution in [3.8, 4) is 5.75 Å². The number of hydrogen-bond acceptors (Lipinski definition) is 8. The van der Waals surface area contributed by atoms with Crippen molar-refractivity contribution >= 4 is 48.2 Å². The topological polar surface area (TPSA) is 159 Å². The summed E-state index contributed by atoms with van der Waals surface area (Å²) in [5, 5.41) is 14.5. The summed E-state index contributed by atoms with van der Waals surface area (Å²) in [5.74, 6) is -0.691. The molecule has 5 rings (SSSR count). The smallest absolute Gasteiger partial charge is 0.286 e. The Kier molecular flexibility index (Phi) is 5.52. The Hall–Kier alpha value is -3.58. The van der Waals surface area contributed by atoms with Crippen LogP contribution in [-0.4, -0.2) is 44.8 Å². The van der Waals surface area contributed by atoms with Gasteiger partial charge in [-0.15, -0.1) is 4.40 Å². The SMILES string of the molecule is Cc1ccc2c(c1C)c(O)c(C1=NS(=O)(=O)c3cc(NS(C)(=O)=O)ccc3N1)c(=O)n2NC1CCC1. The van der Waals surface area contributed by atoms with E-state index in [0.29, 0.717) is 10.9 Å². The zero-order valence-electron chi connectivity index (χ0n) is 19.8. The van der Waals surface area contributed by atoms with E-state index in [2.05, 4.69) is 19.9 Å². The first-order chi connectivity index (χ1) is 16.9. The number of aryl methyl sites for hydroxylation is 2. The molecule has 3 aromatic rings. The molecule has 0 spiro atoms. The van der Waals surface area contributed by atoms with Gasteiger partial charge < -0.3 is 15.8 Å². The molecule has 0 atom stereocenters. The van der Waals surface area contributed by atoms with Gasteiger partial charge in [-0.3, -0.25) is 9.52 Å². The molecule has 11 nitrogen and oxygen atoms in total. The molecule has 0 amide bonds. The van der Waals surface area contributed by atoms with Crippen LogP contribution in [0.4, 0.5) is 11.4 Å². The van der Waals surface area contributed by atoms with E-state index in [9.17, 15) is 26.7 Å². The summed E-state index contributed by atoms with van der Waals surface area (Å²) in [6.07, 6.45) is 3.76. The van der Waals surface area contributed by atoms with Crippen LogP contribution in [0.25, 0.3) is 10.9 Å². The van der Waals surface area contributed by atoms with E-state index in [1.165, 1.54) is 16.8 Å². The predicted molar refractivity (Wildman–Crippen MR) is 139 cm³/mol. The number of nitrogens with one attached hydrogen (secondary N) is 3. The molecular weight excluding hydrogens is 506 g/mol. The number of amidine groups is 1. The summed E-state index contributed by atoms with van der Waals surface area (Å²) in [5.41, 5.74) is 4.54. The van der Waals surface area contributed by atoms with Gasteiger partial charge in [0.15, 0.2) is 5.84 Å². The summed E-state index contributed by atoms with van der Waals surface area (Å²) < 4.78 is 56.7. The average Bonchev–Trinajstić information content (AvgIpc) is 2.73. The summed E-state index contributed by atoms with van der Waals surface area (Å²) in [6, 6.07) is 7.57. The van der Waals surface area contributed by atoms with Gasteiger partial charge in [0.05, 0.1) is 17.5 Å². The van der Waals surface area contributed by atoms with E-state index >= 15 is 0 Å². The Morgan fingerprint density at radius 1 is 1.17 bits per heavy atom. The third-order valence-electron chi connectivity index (χ3n) is 6.53. The summed E-state index contributed by atoms with van der Waals surface area (Å²) >= 11 is 0. The molecule has 1 aliphatic carbocycles. The highest BCUT2D eigenvalue weighted by atomic mass is 32.2. The maximum absolute atomic E-state index is 13.7. The Labute approximate surface area is 208 Å². The first kappa shape index (κ1) is 24.1. The molecule has 36 heavy (non-hydrogen) atoms. The molecule has 13 heteroatoms. The lowest BCUT2D eigenvalue weighted by Crippen LogP contribution is -2.42. The van der Waals surface area contributed by atoms with Crippen LogP contribution in [0.15, 0.2) is 44.4 Å². The summed E-state index contributed by atoms with van der Waals surface area (Å²) in [4.78, 5) is 13.4. The highest BCUT2D eigenvalue weighted by molar-refractivity contribution is 7.92. The molecule has 2 heterocycles. The number of nitrogens with zero attached hydrogens (tertiary/aromatic N) is 2. The number of anilines is 2. The maximum Gasteiger partial charge on any atom is 0.286 e. The van der Waals surface area contributed by atoms with Crippen molar-refractivity contribution in [3.05, 3.63) is 57.4 Å². The summed E-state index contributed by atoms with van der Waals surface area (Å²) in [6.45, 7) is 3.69. The Balaban J connectivity index is 1.71. The average molecular weight is 532 g/mol. The second-order valence-electron chi connectivity index (χ2n) is 9.15. The summed E-state index contributed by atoms with van der Waals surface area (Å²) in [7, 11) is -7.97. The monoisotopic (exact) mass is 531 g/mol. The molecule has 0 saturated heterocycles. The van der Waals surface area contributed by atoms with Gasteiger partial charge in [-0.05, 0) is 68.5 Å². The molecule has 0 radical (unpaired) electrons. The van der Waals surface area contributed by atoms with Crippen molar-refractivity contribution in [2.24, 2.45) is 4.40 Å². The zero-order chi connectivity index (χ0) is 26.0. The second-order valence-corrected chi connectivity index (χ2v) is 12.5. The fourth-order valence-electron chi connectivity index (χ4n) is 4.34. The predicted octanol–water partition coefficient (Wildman–Crippen LogP) is 2.35. The van der Waals surface area contributed by atoms with Crippen molar-refractivity contribution in [1.29, 1.82) is 0 Å². The molecule has 1 aromatic heterocycles. The second kappa shape index (κ2) is 8.23. The van der Waals surface area contributed by atoms with Crippen LogP contribution in [0, 0.1) is 13.8 Å². The van der Waals surface area contributed by atoms with Crippen molar-refractivity contribution < 1.29 is 21.9 Å². The Bertz CT molecular complexity index is 1740. The molecule has 0 unspecified atom stereocenters. The van der Waals surface area contributed by atoms with E-state index < -0.39 is 25.6 Å². The molecule has 190 valence electrons. The largest absolute Gasteiger partial charge is 0.506 e. The molecule has 4 N–H and O–H groups in total. The van der Waals surface area contributed by atoms with Gasteiger partial charge in [0, 0.05) is 17.1 Å². The van der Waals surface area contributed by atoms with E-state index in [-0.39, 0.29) is 39.5 Å². The Morgan fingerprint density at radius 2 is 1.89 bits per heavy atom. The number of aromatic hydroxyl groups is 1. The van der Waals surface area contributed by atoms with Gasteiger partial charge in [-0.2, -0.15) is 8.42 Å². The third-order valence-corrected chi connectivity index (χ3v) is 8.45. The molecule has 2 aromatic carbocycles. The van der Waals surface area contributed by atoms with Crippen LogP contribution < -0.4 is 21.0 Å². The van der Waals surface area contributed by atoms with Crippen molar-refractivity contribution in [2.45, 2.75) is 44.0 Å². The number of rotatable bonds is 5. The lowest BCUT2D eigenvalue weighted by atomic mass is 9.94. The van der Waals surface area contributed by atoms with Crippen LogP contribution in [-0.2, 0) is 20.0 Å². The van der Waals surface area contributed by atoms with Crippen LogP contribution in [0.2, 0.25) is 0 Å². The van der Waals surface area contributed by atoms with Gasteiger partial charge in [0.2, 0.25) is 10.0 Å². The lowest BCUT2D eigenvalue weighted by molar-refractivity contribution is 0.414. The van der Waals surface area contributed by atoms with Gasteiger partial charge in [-0.25, -0.2) is 13.1 Å². The van der Waals surface area contributed by atoms with E-state index in [1.807, 2.05) is 19.9 Å². The normalized spacial score (nSPS) is 17.0. The van der Waals surface area contributed by atoms with Crippen LogP contribution in [0.3, 0.4) is 0 Å². The number of aromatic nitrogens is 1. The van der Waals surface area contributed by atoms with E-state index in [1.54, 1.807) is 6.07 Å². The number of sulfonamides is 2. The molecule has 1 saturated carbocycles. The zero-order valence-corrected chi connectivity index (χ0v) is 21.4. The van der Waals surface area contributed by atoms with E-state index in [0.717, 1.165) is 42.7 Å². The quantitative estimate of drug-likeness (QED) is 0.390. The lowest BCUT2D eigenvalue weighted by Gasteiger charge is -2.30.